The summed E-state index contributed by atoms with van der Waals surface area (Å²) in [7, 11) is 0. The molecule has 1 aromatic heterocycles. The van der Waals surface area contributed by atoms with Gasteiger partial charge in [0.1, 0.15) is 44.1 Å². The van der Waals surface area contributed by atoms with Crippen molar-refractivity contribution in [3.63, 3.8) is 0 Å². The zero-order valence-corrected chi connectivity index (χ0v) is 15.2. The van der Waals surface area contributed by atoms with Crippen molar-refractivity contribution in [3.8, 4) is 0 Å². The Labute approximate surface area is 148 Å². The van der Waals surface area contributed by atoms with Gasteiger partial charge in [-0.05, 0) is 20.8 Å². The smallest absolute Gasteiger partial charge is 0.312 e. The minimum Gasteiger partial charge on any atom is -0.322 e. The highest BCUT2D eigenvalue weighted by atomic mass is 16.6. The zero-order valence-electron chi connectivity index (χ0n) is 15.2. The minimum absolute atomic E-state index is 0.156. The summed E-state index contributed by atoms with van der Waals surface area (Å²) in [6.07, 6.45) is 0. The van der Waals surface area contributed by atoms with Crippen LogP contribution in [0.2, 0.25) is 0 Å². The molecule has 2 aromatic rings. The largest absolute Gasteiger partial charge is 0.322 e. The summed E-state index contributed by atoms with van der Waals surface area (Å²) >= 11 is 0. The standard InChI is InChI=1S/C18H25N5O2/c1-14-5-4-6-17(11-14)12-20-7-9-21(10-8-20)13-22-16(3)18(23(24)25)15(2)19-22/h4-6,11H,7-10,12-13H2,1-3H3/p+2. The van der Waals surface area contributed by atoms with Gasteiger partial charge >= 0.3 is 5.69 Å². The van der Waals surface area contributed by atoms with Crippen LogP contribution in [-0.2, 0) is 13.2 Å². The Morgan fingerprint density at radius 3 is 2.44 bits per heavy atom. The number of nitrogens with zero attached hydrogens (tertiary/aromatic N) is 3. The molecule has 1 fully saturated rings. The number of nitrogens with one attached hydrogen (secondary N) is 2. The Morgan fingerprint density at radius 1 is 1.16 bits per heavy atom. The topological polar surface area (TPSA) is 69.8 Å². The summed E-state index contributed by atoms with van der Waals surface area (Å²) < 4.78 is 1.80. The third-order valence-electron chi connectivity index (χ3n) is 5.10. The first-order valence-electron chi connectivity index (χ1n) is 8.85. The molecule has 0 atom stereocenters. The van der Waals surface area contributed by atoms with Crippen molar-refractivity contribution < 1.29 is 14.7 Å². The summed E-state index contributed by atoms with van der Waals surface area (Å²) in [5.74, 6) is 0. The number of aromatic nitrogens is 2. The highest BCUT2D eigenvalue weighted by Crippen LogP contribution is 2.20. The van der Waals surface area contributed by atoms with Crippen molar-refractivity contribution in [1.82, 2.24) is 9.78 Å². The van der Waals surface area contributed by atoms with E-state index in [1.807, 2.05) is 0 Å². The molecule has 0 bridgehead atoms. The second kappa shape index (κ2) is 7.33. The zero-order chi connectivity index (χ0) is 18.0. The summed E-state index contributed by atoms with van der Waals surface area (Å²) in [5.41, 5.74) is 4.03. The molecule has 0 saturated carbocycles. The van der Waals surface area contributed by atoms with Crippen LogP contribution in [0.15, 0.2) is 24.3 Å². The average molecular weight is 345 g/mol. The minimum atomic E-state index is -0.326. The van der Waals surface area contributed by atoms with Gasteiger partial charge in [-0.2, -0.15) is 5.10 Å². The van der Waals surface area contributed by atoms with Gasteiger partial charge in [0.05, 0.1) is 4.92 Å². The lowest BCUT2D eigenvalue weighted by Crippen LogP contribution is -3.27. The van der Waals surface area contributed by atoms with Gasteiger partial charge < -0.3 is 9.80 Å². The van der Waals surface area contributed by atoms with Gasteiger partial charge in [0.25, 0.3) is 0 Å². The van der Waals surface area contributed by atoms with Gasteiger partial charge in [-0.15, -0.1) is 0 Å². The Bertz CT molecular complexity index is 763. The van der Waals surface area contributed by atoms with Crippen LogP contribution in [0.4, 0.5) is 5.69 Å². The lowest BCUT2D eigenvalue weighted by molar-refractivity contribution is -1.03. The van der Waals surface area contributed by atoms with Crippen LogP contribution in [0.3, 0.4) is 0 Å². The summed E-state index contributed by atoms with van der Waals surface area (Å²) in [5, 5.41) is 15.5. The second-order valence-electron chi connectivity index (χ2n) is 7.10. The molecule has 1 aliphatic heterocycles. The molecule has 1 saturated heterocycles. The molecule has 7 nitrogen and oxygen atoms in total. The van der Waals surface area contributed by atoms with Gasteiger partial charge in [0.15, 0.2) is 6.67 Å². The van der Waals surface area contributed by atoms with Crippen LogP contribution < -0.4 is 9.80 Å². The fourth-order valence-corrected chi connectivity index (χ4v) is 3.72. The van der Waals surface area contributed by atoms with Crippen LogP contribution >= 0.6 is 0 Å². The molecular weight excluding hydrogens is 318 g/mol. The third-order valence-corrected chi connectivity index (χ3v) is 5.10. The maximum Gasteiger partial charge on any atom is 0.312 e. The molecule has 0 radical (unpaired) electrons. The second-order valence-corrected chi connectivity index (χ2v) is 7.10. The van der Waals surface area contributed by atoms with Crippen LogP contribution in [0.25, 0.3) is 0 Å². The number of piperazine rings is 1. The fraction of sp³-hybridized carbons (Fsp3) is 0.500. The summed E-state index contributed by atoms with van der Waals surface area (Å²) in [6.45, 7) is 11.8. The van der Waals surface area contributed by atoms with Crippen LogP contribution in [0, 0.1) is 30.9 Å². The number of nitro groups is 1. The van der Waals surface area contributed by atoms with E-state index >= 15 is 0 Å². The van der Waals surface area contributed by atoms with Crippen molar-refractivity contribution in [2.45, 2.75) is 34.0 Å². The SMILES string of the molecule is Cc1cccc(C[NH+]2CC[NH+](Cn3nc(C)c([N+](=O)[O-])c3C)CC2)c1. The van der Waals surface area contributed by atoms with Crippen LogP contribution in [0.1, 0.15) is 22.5 Å². The Hall–Kier alpha value is -2.25. The molecule has 7 heteroatoms. The lowest BCUT2D eigenvalue weighted by Gasteiger charge is -2.29. The first kappa shape index (κ1) is 17.6. The van der Waals surface area contributed by atoms with E-state index in [4.69, 9.17) is 0 Å². The van der Waals surface area contributed by atoms with Crippen molar-refractivity contribution in [2.24, 2.45) is 0 Å². The van der Waals surface area contributed by atoms with Crippen molar-refractivity contribution in [2.75, 3.05) is 26.2 Å². The highest BCUT2D eigenvalue weighted by Gasteiger charge is 2.27. The van der Waals surface area contributed by atoms with E-state index in [-0.39, 0.29) is 10.6 Å². The molecule has 25 heavy (non-hydrogen) atoms. The number of hydrogen-bond acceptors (Lipinski definition) is 3. The molecule has 134 valence electrons. The van der Waals surface area contributed by atoms with E-state index in [1.165, 1.54) is 16.0 Å². The Balaban J connectivity index is 1.56. The monoisotopic (exact) mass is 345 g/mol. The van der Waals surface area contributed by atoms with Crippen LogP contribution in [0.5, 0.6) is 0 Å². The number of rotatable bonds is 5. The third kappa shape index (κ3) is 4.05. The van der Waals surface area contributed by atoms with Crippen molar-refractivity contribution >= 4 is 5.69 Å². The molecule has 0 unspecified atom stereocenters. The first-order valence-corrected chi connectivity index (χ1v) is 8.85. The predicted octanol–water partition coefficient (Wildman–Crippen LogP) is -0.342. The molecule has 0 aliphatic carbocycles. The van der Waals surface area contributed by atoms with E-state index in [9.17, 15) is 10.1 Å². The van der Waals surface area contributed by atoms with Gasteiger partial charge in [0, 0.05) is 5.56 Å². The summed E-state index contributed by atoms with van der Waals surface area (Å²) in [4.78, 5) is 13.8. The quantitative estimate of drug-likeness (QED) is 0.575. The molecule has 1 aromatic carbocycles. The van der Waals surface area contributed by atoms with E-state index in [2.05, 4.69) is 36.3 Å². The fourth-order valence-electron chi connectivity index (χ4n) is 3.72. The number of hydrogen-bond donors (Lipinski definition) is 2. The van der Waals surface area contributed by atoms with Crippen LogP contribution in [-0.4, -0.2) is 40.9 Å². The van der Waals surface area contributed by atoms with E-state index in [0.29, 0.717) is 18.1 Å². The Kier molecular flexibility index (Phi) is 5.15. The molecule has 0 spiro atoms. The molecule has 1 aliphatic rings. The first-order chi connectivity index (χ1) is 11.9. The highest BCUT2D eigenvalue weighted by molar-refractivity contribution is 5.39. The molecule has 2 N–H and O–H groups in total. The van der Waals surface area contributed by atoms with E-state index in [1.54, 1.807) is 23.4 Å². The van der Waals surface area contributed by atoms with Gasteiger partial charge in [-0.3, -0.25) is 10.1 Å². The Morgan fingerprint density at radius 2 is 1.84 bits per heavy atom. The number of aryl methyl sites for hydroxylation is 2. The predicted molar refractivity (Wildman–Crippen MR) is 94.6 cm³/mol. The normalized spacial score (nSPS) is 20.6. The molecule has 2 heterocycles. The lowest BCUT2D eigenvalue weighted by atomic mass is 10.1. The van der Waals surface area contributed by atoms with Gasteiger partial charge in [-0.1, -0.05) is 29.8 Å². The molecule has 0 amide bonds. The maximum atomic E-state index is 11.1. The number of benzene rings is 1. The van der Waals surface area contributed by atoms with E-state index < -0.39 is 0 Å². The van der Waals surface area contributed by atoms with Gasteiger partial charge in [-0.25, -0.2) is 4.68 Å². The van der Waals surface area contributed by atoms with Crippen molar-refractivity contribution in [3.05, 3.63) is 56.9 Å². The molecule has 3 rings (SSSR count). The maximum absolute atomic E-state index is 11.1. The van der Waals surface area contributed by atoms with Gasteiger partial charge in [0.2, 0.25) is 0 Å². The van der Waals surface area contributed by atoms with E-state index in [0.717, 1.165) is 32.7 Å². The summed E-state index contributed by atoms with van der Waals surface area (Å²) in [6, 6.07) is 8.73. The number of quaternary nitrogens is 2. The van der Waals surface area contributed by atoms with Crippen molar-refractivity contribution in [1.29, 1.82) is 0 Å². The molecular formula is C18H27N5O2+2. The average Bonchev–Trinajstić information content (AvgIpc) is 2.83.